The van der Waals surface area contributed by atoms with Gasteiger partial charge in [0, 0.05) is 7.11 Å². The first-order valence-electron chi connectivity index (χ1n) is 7.11. The molecule has 0 heterocycles. The Morgan fingerprint density at radius 3 is 2.56 bits per heavy atom. The van der Waals surface area contributed by atoms with Gasteiger partial charge in [-0.2, -0.15) is 0 Å². The van der Waals surface area contributed by atoms with Gasteiger partial charge in [-0.3, -0.25) is 0 Å². The highest BCUT2D eigenvalue weighted by Gasteiger charge is 2.20. The third kappa shape index (κ3) is 4.11. The van der Waals surface area contributed by atoms with Gasteiger partial charge in [0.2, 0.25) is 0 Å². The predicted octanol–water partition coefficient (Wildman–Crippen LogP) is 3.71. The highest BCUT2D eigenvalue weighted by atomic mass is 16.5. The van der Waals surface area contributed by atoms with E-state index in [1.165, 1.54) is 17.5 Å². The first kappa shape index (κ1) is 15.2. The monoisotopic (exact) mass is 249 g/mol. The van der Waals surface area contributed by atoms with Crippen molar-refractivity contribution in [3.05, 3.63) is 35.4 Å². The second-order valence-corrected chi connectivity index (χ2v) is 4.71. The molecule has 1 aromatic rings. The van der Waals surface area contributed by atoms with E-state index in [0.29, 0.717) is 6.04 Å². The van der Waals surface area contributed by atoms with Crippen molar-refractivity contribution in [1.82, 2.24) is 5.32 Å². The molecule has 0 aliphatic heterocycles. The molecule has 0 fully saturated rings. The Balaban J connectivity index is 2.93. The molecule has 2 heteroatoms. The van der Waals surface area contributed by atoms with Crippen molar-refractivity contribution in [2.45, 2.75) is 52.2 Å². The SMILES string of the molecule is CCCc1cccc(C(NCC)C(CC)OC)c1. The van der Waals surface area contributed by atoms with Crippen LogP contribution >= 0.6 is 0 Å². The normalized spacial score (nSPS) is 14.4. The lowest BCUT2D eigenvalue weighted by Crippen LogP contribution is -2.32. The van der Waals surface area contributed by atoms with Gasteiger partial charge < -0.3 is 10.1 Å². The van der Waals surface area contributed by atoms with E-state index in [9.17, 15) is 0 Å². The second-order valence-electron chi connectivity index (χ2n) is 4.71. The summed E-state index contributed by atoms with van der Waals surface area (Å²) in [4.78, 5) is 0. The molecular formula is C16H27NO. The fraction of sp³-hybridized carbons (Fsp3) is 0.625. The average Bonchev–Trinajstić information content (AvgIpc) is 2.40. The van der Waals surface area contributed by atoms with Gasteiger partial charge in [0.15, 0.2) is 0 Å². The first-order chi connectivity index (χ1) is 8.76. The van der Waals surface area contributed by atoms with Crippen LogP contribution in [0.25, 0.3) is 0 Å². The van der Waals surface area contributed by atoms with E-state index >= 15 is 0 Å². The van der Waals surface area contributed by atoms with Crippen LogP contribution in [-0.2, 0) is 11.2 Å². The fourth-order valence-corrected chi connectivity index (χ4v) is 2.45. The summed E-state index contributed by atoms with van der Waals surface area (Å²) in [5, 5.41) is 3.55. The largest absolute Gasteiger partial charge is 0.379 e. The minimum absolute atomic E-state index is 0.238. The summed E-state index contributed by atoms with van der Waals surface area (Å²) in [5.41, 5.74) is 2.76. The van der Waals surface area contributed by atoms with Crippen molar-refractivity contribution >= 4 is 0 Å². The molecule has 0 aromatic heterocycles. The molecule has 1 rings (SSSR count). The van der Waals surface area contributed by atoms with Crippen molar-refractivity contribution in [2.24, 2.45) is 0 Å². The van der Waals surface area contributed by atoms with Gasteiger partial charge >= 0.3 is 0 Å². The number of rotatable bonds is 8. The lowest BCUT2D eigenvalue weighted by atomic mass is 9.96. The Bertz CT molecular complexity index is 334. The van der Waals surface area contributed by atoms with E-state index in [1.54, 1.807) is 7.11 Å². The molecular weight excluding hydrogens is 222 g/mol. The Morgan fingerprint density at radius 2 is 2.00 bits per heavy atom. The minimum atomic E-state index is 0.238. The molecule has 102 valence electrons. The van der Waals surface area contributed by atoms with Crippen LogP contribution in [0, 0.1) is 0 Å². The molecule has 2 unspecified atom stereocenters. The molecule has 2 nitrogen and oxygen atoms in total. The lowest BCUT2D eigenvalue weighted by molar-refractivity contribution is 0.0656. The molecule has 0 aliphatic carbocycles. The molecule has 0 radical (unpaired) electrons. The summed E-state index contributed by atoms with van der Waals surface area (Å²) in [7, 11) is 1.80. The molecule has 0 amide bonds. The Hall–Kier alpha value is -0.860. The van der Waals surface area contributed by atoms with E-state index in [-0.39, 0.29) is 6.10 Å². The third-order valence-electron chi connectivity index (χ3n) is 3.35. The zero-order valence-corrected chi connectivity index (χ0v) is 12.2. The Morgan fingerprint density at radius 1 is 1.22 bits per heavy atom. The smallest absolute Gasteiger partial charge is 0.0763 e. The maximum atomic E-state index is 5.61. The van der Waals surface area contributed by atoms with Gasteiger partial charge in [0.05, 0.1) is 12.1 Å². The molecule has 0 bridgehead atoms. The van der Waals surface area contributed by atoms with Crippen molar-refractivity contribution < 1.29 is 4.74 Å². The number of nitrogens with one attached hydrogen (secondary N) is 1. The van der Waals surface area contributed by atoms with Crippen molar-refractivity contribution in [3.8, 4) is 0 Å². The Kier molecular flexibility index (Phi) is 6.99. The zero-order valence-electron chi connectivity index (χ0n) is 12.2. The van der Waals surface area contributed by atoms with Gasteiger partial charge in [-0.1, -0.05) is 51.5 Å². The van der Waals surface area contributed by atoms with E-state index in [4.69, 9.17) is 4.74 Å². The third-order valence-corrected chi connectivity index (χ3v) is 3.35. The summed E-state index contributed by atoms with van der Waals surface area (Å²) in [6.45, 7) is 7.50. The van der Waals surface area contributed by atoms with E-state index < -0.39 is 0 Å². The standard InChI is InChI=1S/C16H27NO/c1-5-9-13-10-8-11-14(12-13)16(17-7-3)15(6-2)18-4/h8,10-12,15-17H,5-7,9H2,1-4H3. The van der Waals surface area contributed by atoms with Crippen LogP contribution in [0.1, 0.15) is 50.8 Å². The highest BCUT2D eigenvalue weighted by molar-refractivity contribution is 5.27. The van der Waals surface area contributed by atoms with Crippen LogP contribution in [0.5, 0.6) is 0 Å². The number of likely N-dealkylation sites (N-methyl/N-ethyl adjacent to an activating group) is 1. The topological polar surface area (TPSA) is 21.3 Å². The summed E-state index contributed by atoms with van der Waals surface area (Å²) in [6, 6.07) is 9.19. The van der Waals surface area contributed by atoms with Gasteiger partial charge in [-0.25, -0.2) is 0 Å². The summed E-state index contributed by atoms with van der Waals surface area (Å²) in [6.07, 6.45) is 3.60. The minimum Gasteiger partial charge on any atom is -0.379 e. The number of benzene rings is 1. The number of aryl methyl sites for hydroxylation is 1. The molecule has 0 saturated carbocycles. The molecule has 0 aliphatic rings. The van der Waals surface area contributed by atoms with Crippen LogP contribution in [0.3, 0.4) is 0 Å². The lowest BCUT2D eigenvalue weighted by Gasteiger charge is -2.26. The molecule has 0 spiro atoms. The maximum absolute atomic E-state index is 5.61. The summed E-state index contributed by atoms with van der Waals surface area (Å²) in [5.74, 6) is 0. The van der Waals surface area contributed by atoms with Crippen molar-refractivity contribution in [2.75, 3.05) is 13.7 Å². The van der Waals surface area contributed by atoms with Crippen LogP contribution in [0.4, 0.5) is 0 Å². The number of methoxy groups -OCH3 is 1. The van der Waals surface area contributed by atoms with E-state index in [2.05, 4.69) is 50.4 Å². The average molecular weight is 249 g/mol. The number of hydrogen-bond acceptors (Lipinski definition) is 2. The maximum Gasteiger partial charge on any atom is 0.0763 e. The molecule has 1 N–H and O–H groups in total. The van der Waals surface area contributed by atoms with Gasteiger partial charge in [-0.05, 0) is 30.5 Å². The van der Waals surface area contributed by atoms with Crippen LogP contribution in [0.15, 0.2) is 24.3 Å². The molecule has 0 saturated heterocycles. The Labute approximate surface area is 112 Å². The highest BCUT2D eigenvalue weighted by Crippen LogP contribution is 2.22. The van der Waals surface area contributed by atoms with Gasteiger partial charge in [-0.15, -0.1) is 0 Å². The van der Waals surface area contributed by atoms with Crippen molar-refractivity contribution in [1.29, 1.82) is 0 Å². The van der Waals surface area contributed by atoms with Gasteiger partial charge in [0.1, 0.15) is 0 Å². The van der Waals surface area contributed by atoms with Crippen molar-refractivity contribution in [3.63, 3.8) is 0 Å². The zero-order chi connectivity index (χ0) is 13.4. The number of hydrogen-bond donors (Lipinski definition) is 1. The number of ether oxygens (including phenoxy) is 1. The first-order valence-corrected chi connectivity index (χ1v) is 7.11. The second kappa shape index (κ2) is 8.28. The fourth-order valence-electron chi connectivity index (χ4n) is 2.45. The molecule has 1 aromatic carbocycles. The van der Waals surface area contributed by atoms with Gasteiger partial charge in [0.25, 0.3) is 0 Å². The van der Waals surface area contributed by atoms with E-state index in [0.717, 1.165) is 19.4 Å². The summed E-state index contributed by atoms with van der Waals surface area (Å²) < 4.78 is 5.61. The van der Waals surface area contributed by atoms with Crippen LogP contribution < -0.4 is 5.32 Å². The predicted molar refractivity (Wildman–Crippen MR) is 77.9 cm³/mol. The van der Waals surface area contributed by atoms with E-state index in [1.807, 2.05) is 0 Å². The quantitative estimate of drug-likeness (QED) is 0.758. The van der Waals surface area contributed by atoms with Crippen LogP contribution in [-0.4, -0.2) is 19.8 Å². The molecule has 18 heavy (non-hydrogen) atoms. The van der Waals surface area contributed by atoms with Crippen LogP contribution in [0.2, 0.25) is 0 Å². The molecule has 2 atom stereocenters. The summed E-state index contributed by atoms with van der Waals surface area (Å²) >= 11 is 0.